The molecule has 0 spiro atoms. The molecule has 4 rings (SSSR count). The SMILES string of the molecule is Brc1ccc(C2CN(Cc3cn4cc(Br)ccc4n3)CCO2)cc1. The van der Waals surface area contributed by atoms with Crippen molar-refractivity contribution in [2.24, 2.45) is 0 Å². The lowest BCUT2D eigenvalue weighted by Gasteiger charge is -2.32. The first-order chi connectivity index (χ1) is 11.7. The molecule has 2 aromatic heterocycles. The summed E-state index contributed by atoms with van der Waals surface area (Å²) in [7, 11) is 0. The predicted octanol–water partition coefficient (Wildman–Crippen LogP) is 4.43. The molecule has 4 nitrogen and oxygen atoms in total. The highest BCUT2D eigenvalue weighted by molar-refractivity contribution is 9.10. The molecule has 1 fully saturated rings. The first kappa shape index (κ1) is 16.3. The van der Waals surface area contributed by atoms with Crippen LogP contribution in [0, 0.1) is 0 Å². The molecule has 1 aromatic carbocycles. The van der Waals surface area contributed by atoms with Gasteiger partial charge in [0.1, 0.15) is 5.65 Å². The fraction of sp³-hybridized carbons (Fsp3) is 0.278. The van der Waals surface area contributed by atoms with E-state index in [1.165, 1.54) is 5.56 Å². The second kappa shape index (κ2) is 6.96. The average molecular weight is 451 g/mol. The minimum atomic E-state index is 0.123. The molecule has 3 aromatic rings. The van der Waals surface area contributed by atoms with Gasteiger partial charge in [0.15, 0.2) is 0 Å². The molecule has 1 aliphatic heterocycles. The van der Waals surface area contributed by atoms with E-state index < -0.39 is 0 Å². The molecule has 0 radical (unpaired) electrons. The quantitative estimate of drug-likeness (QED) is 0.591. The minimum Gasteiger partial charge on any atom is -0.371 e. The molecule has 124 valence electrons. The van der Waals surface area contributed by atoms with Crippen molar-refractivity contribution in [3.8, 4) is 0 Å². The zero-order chi connectivity index (χ0) is 16.5. The average Bonchev–Trinajstić information content (AvgIpc) is 2.97. The zero-order valence-corrected chi connectivity index (χ0v) is 16.2. The highest BCUT2D eigenvalue weighted by atomic mass is 79.9. The molecule has 3 heterocycles. The first-order valence-electron chi connectivity index (χ1n) is 7.90. The summed E-state index contributed by atoms with van der Waals surface area (Å²) >= 11 is 6.98. The third-order valence-electron chi connectivity index (χ3n) is 4.24. The number of nitrogens with zero attached hydrogens (tertiary/aromatic N) is 3. The summed E-state index contributed by atoms with van der Waals surface area (Å²) in [6.07, 6.45) is 4.26. The van der Waals surface area contributed by atoms with Crippen molar-refractivity contribution in [1.29, 1.82) is 0 Å². The van der Waals surface area contributed by atoms with Crippen LogP contribution in [0.4, 0.5) is 0 Å². The van der Waals surface area contributed by atoms with Gasteiger partial charge in [-0.1, -0.05) is 28.1 Å². The number of morpholine rings is 1. The number of imidazole rings is 1. The van der Waals surface area contributed by atoms with Gasteiger partial charge in [-0.25, -0.2) is 4.98 Å². The van der Waals surface area contributed by atoms with E-state index in [2.05, 4.69) is 71.6 Å². The third-order valence-corrected chi connectivity index (χ3v) is 5.24. The summed E-state index contributed by atoms with van der Waals surface area (Å²) in [6, 6.07) is 12.4. The topological polar surface area (TPSA) is 29.8 Å². The monoisotopic (exact) mass is 449 g/mol. The van der Waals surface area contributed by atoms with Crippen LogP contribution >= 0.6 is 31.9 Å². The van der Waals surface area contributed by atoms with Crippen molar-refractivity contribution < 1.29 is 4.74 Å². The lowest BCUT2D eigenvalue weighted by molar-refractivity contribution is -0.0332. The normalized spacial score (nSPS) is 19.0. The van der Waals surface area contributed by atoms with Gasteiger partial charge in [-0.05, 0) is 45.8 Å². The van der Waals surface area contributed by atoms with Crippen LogP contribution in [0.25, 0.3) is 5.65 Å². The van der Waals surface area contributed by atoms with Crippen LogP contribution in [0.2, 0.25) is 0 Å². The number of fused-ring (bicyclic) bond motifs is 1. The Bertz CT molecular complexity index is 847. The Morgan fingerprint density at radius 1 is 1.04 bits per heavy atom. The molecule has 0 N–H and O–H groups in total. The van der Waals surface area contributed by atoms with Crippen LogP contribution in [0.15, 0.2) is 57.7 Å². The van der Waals surface area contributed by atoms with Crippen molar-refractivity contribution in [3.63, 3.8) is 0 Å². The van der Waals surface area contributed by atoms with E-state index in [4.69, 9.17) is 9.72 Å². The van der Waals surface area contributed by atoms with Gasteiger partial charge in [0.25, 0.3) is 0 Å². The van der Waals surface area contributed by atoms with Crippen molar-refractivity contribution in [1.82, 2.24) is 14.3 Å². The summed E-state index contributed by atoms with van der Waals surface area (Å²) in [5.74, 6) is 0. The molecule has 0 bridgehead atoms. The van der Waals surface area contributed by atoms with Gasteiger partial charge in [0, 0.05) is 41.0 Å². The summed E-state index contributed by atoms with van der Waals surface area (Å²) < 4.78 is 10.2. The lowest BCUT2D eigenvalue weighted by atomic mass is 10.1. The lowest BCUT2D eigenvalue weighted by Crippen LogP contribution is -2.37. The van der Waals surface area contributed by atoms with E-state index in [9.17, 15) is 0 Å². The van der Waals surface area contributed by atoms with Crippen molar-refractivity contribution in [2.45, 2.75) is 12.6 Å². The Balaban J connectivity index is 1.48. The van der Waals surface area contributed by atoms with E-state index in [-0.39, 0.29) is 6.10 Å². The molecule has 0 aliphatic carbocycles. The maximum absolute atomic E-state index is 5.96. The Kier molecular flexibility index (Phi) is 4.72. The van der Waals surface area contributed by atoms with E-state index in [0.29, 0.717) is 0 Å². The molecule has 1 atom stereocenters. The van der Waals surface area contributed by atoms with Crippen LogP contribution in [0.3, 0.4) is 0 Å². The summed E-state index contributed by atoms with van der Waals surface area (Å²) in [5, 5.41) is 0. The number of hydrogen-bond donors (Lipinski definition) is 0. The van der Waals surface area contributed by atoms with E-state index in [1.54, 1.807) is 0 Å². The van der Waals surface area contributed by atoms with Gasteiger partial charge >= 0.3 is 0 Å². The largest absolute Gasteiger partial charge is 0.371 e. The van der Waals surface area contributed by atoms with E-state index in [1.807, 2.05) is 18.3 Å². The van der Waals surface area contributed by atoms with Gasteiger partial charge in [-0.2, -0.15) is 0 Å². The number of ether oxygens (including phenoxy) is 1. The number of benzene rings is 1. The Morgan fingerprint density at radius 2 is 1.83 bits per heavy atom. The second-order valence-corrected chi connectivity index (χ2v) is 7.82. The number of halogens is 2. The smallest absolute Gasteiger partial charge is 0.137 e. The maximum Gasteiger partial charge on any atom is 0.137 e. The summed E-state index contributed by atoms with van der Waals surface area (Å²) in [6.45, 7) is 3.42. The van der Waals surface area contributed by atoms with Crippen molar-refractivity contribution in [2.75, 3.05) is 19.7 Å². The molecule has 1 saturated heterocycles. The fourth-order valence-corrected chi connectivity index (χ4v) is 3.66. The van der Waals surface area contributed by atoms with Crippen molar-refractivity contribution in [3.05, 3.63) is 69.0 Å². The van der Waals surface area contributed by atoms with E-state index in [0.717, 1.165) is 46.5 Å². The number of pyridine rings is 1. The van der Waals surface area contributed by atoms with Gasteiger partial charge in [-0.15, -0.1) is 0 Å². The molecule has 0 saturated carbocycles. The number of aromatic nitrogens is 2. The van der Waals surface area contributed by atoms with Crippen LogP contribution in [-0.4, -0.2) is 34.0 Å². The Morgan fingerprint density at radius 3 is 2.67 bits per heavy atom. The number of rotatable bonds is 3. The fourth-order valence-electron chi connectivity index (χ4n) is 3.05. The minimum absolute atomic E-state index is 0.123. The molecular formula is C18H17Br2N3O. The Hall–Kier alpha value is -1.21. The first-order valence-corrected chi connectivity index (χ1v) is 9.48. The standard InChI is InChI=1S/C18H17Br2N3O/c19-14-3-1-13(2-4-14)17-12-22(7-8-24-17)10-16-11-23-9-15(20)5-6-18(23)21-16/h1-6,9,11,17H,7-8,10,12H2. The van der Waals surface area contributed by atoms with Gasteiger partial charge in [0.2, 0.25) is 0 Å². The molecule has 1 aliphatic rings. The molecule has 24 heavy (non-hydrogen) atoms. The molecule has 6 heteroatoms. The van der Waals surface area contributed by atoms with Crippen LogP contribution in [0.1, 0.15) is 17.4 Å². The summed E-state index contributed by atoms with van der Waals surface area (Å²) in [4.78, 5) is 7.12. The number of hydrogen-bond acceptors (Lipinski definition) is 3. The molecule has 0 amide bonds. The van der Waals surface area contributed by atoms with Crippen LogP contribution in [0.5, 0.6) is 0 Å². The van der Waals surface area contributed by atoms with Crippen LogP contribution < -0.4 is 0 Å². The van der Waals surface area contributed by atoms with Gasteiger partial charge < -0.3 is 9.14 Å². The summed E-state index contributed by atoms with van der Waals surface area (Å²) in [5.41, 5.74) is 3.29. The van der Waals surface area contributed by atoms with Gasteiger partial charge in [-0.3, -0.25) is 4.90 Å². The maximum atomic E-state index is 5.96. The van der Waals surface area contributed by atoms with E-state index >= 15 is 0 Å². The van der Waals surface area contributed by atoms with Gasteiger partial charge in [0.05, 0.1) is 18.4 Å². The second-order valence-electron chi connectivity index (χ2n) is 5.99. The zero-order valence-electron chi connectivity index (χ0n) is 13.0. The predicted molar refractivity (Wildman–Crippen MR) is 101 cm³/mol. The molecule has 1 unspecified atom stereocenters. The molecular weight excluding hydrogens is 434 g/mol. The van der Waals surface area contributed by atoms with Crippen LogP contribution in [-0.2, 0) is 11.3 Å². The Labute approximate surface area is 157 Å². The highest BCUT2D eigenvalue weighted by Crippen LogP contribution is 2.24. The third kappa shape index (κ3) is 3.57. The highest BCUT2D eigenvalue weighted by Gasteiger charge is 2.22. The van der Waals surface area contributed by atoms with Crippen molar-refractivity contribution >= 4 is 37.5 Å².